The van der Waals surface area contributed by atoms with Crippen LogP contribution >= 0.6 is 11.6 Å². The molecule has 0 unspecified atom stereocenters. The first-order valence-corrected chi connectivity index (χ1v) is 6.63. The molecule has 0 amide bonds. The summed E-state index contributed by atoms with van der Waals surface area (Å²) in [6, 6.07) is 0. The minimum Gasteiger partial charge on any atom is -0.0854 e. The van der Waals surface area contributed by atoms with Crippen LogP contribution in [-0.2, 0) is 0 Å². The lowest BCUT2D eigenvalue weighted by Crippen LogP contribution is -2.22. The predicted molar refractivity (Wildman–Crippen MR) is 62.4 cm³/mol. The van der Waals surface area contributed by atoms with Gasteiger partial charge in [0.25, 0.3) is 0 Å². The Labute approximate surface area is 96.8 Å². The maximum absolute atomic E-state index is 6.42. The van der Waals surface area contributed by atoms with Crippen LogP contribution in [-0.4, -0.2) is 15.5 Å². The van der Waals surface area contributed by atoms with Gasteiger partial charge in [-0.25, -0.2) is 0 Å². The maximum Gasteiger partial charge on any atom is 0.318 e. The normalized spacial score (nSPS) is 25.8. The Bertz CT molecular complexity index is 265. The molecule has 0 saturated heterocycles. The molecule has 2 fully saturated rings. The summed E-state index contributed by atoms with van der Waals surface area (Å²) in [6.07, 6.45) is 11.9. The van der Waals surface area contributed by atoms with E-state index in [0.717, 1.165) is 25.7 Å². The number of rotatable bonds is 1. The second-order valence-corrected chi connectivity index (χ2v) is 5.51. The maximum atomic E-state index is 6.42. The fraction of sp³-hybridized carbons (Fsp3) is 0.917. The molecule has 0 radical (unpaired) electrons. The minimum absolute atomic E-state index is 0.358. The average molecular weight is 228 g/mol. The standard InChI is InChI=1S/C12H20ClN2/c13-12(9-5-2-6-10-12)15-14-11-7-3-1-4-8-11/h1-10H2/q+1. The molecular formula is C12H20ClN2+. The second-order valence-electron chi connectivity index (χ2n) is 4.81. The van der Waals surface area contributed by atoms with Crippen molar-refractivity contribution < 1.29 is 4.79 Å². The van der Waals surface area contributed by atoms with Crippen LogP contribution in [0.4, 0.5) is 0 Å². The highest BCUT2D eigenvalue weighted by Crippen LogP contribution is 2.34. The van der Waals surface area contributed by atoms with Crippen molar-refractivity contribution in [1.29, 1.82) is 0 Å². The van der Waals surface area contributed by atoms with Gasteiger partial charge >= 0.3 is 5.71 Å². The van der Waals surface area contributed by atoms with Gasteiger partial charge < -0.3 is 0 Å². The number of alkyl halides is 1. The zero-order valence-electron chi connectivity index (χ0n) is 9.34. The molecule has 84 valence electrons. The number of nitrogens with zero attached hydrogens (tertiary/aromatic N) is 2. The molecular weight excluding hydrogens is 208 g/mol. The molecule has 2 rings (SSSR count). The fourth-order valence-electron chi connectivity index (χ4n) is 2.41. The number of halogens is 1. The summed E-state index contributed by atoms with van der Waals surface area (Å²) in [5.74, 6) is 0. The molecule has 2 nitrogen and oxygen atoms in total. The Morgan fingerprint density at radius 3 is 2.20 bits per heavy atom. The molecule has 0 spiro atoms. The van der Waals surface area contributed by atoms with Crippen LogP contribution in [0, 0.1) is 0 Å². The first kappa shape index (κ1) is 11.2. The Morgan fingerprint density at radius 2 is 1.53 bits per heavy atom. The summed E-state index contributed by atoms with van der Waals surface area (Å²) in [5.41, 5.74) is 1.27. The summed E-state index contributed by atoms with van der Waals surface area (Å²) in [4.78, 5) is 4.03. The molecule has 0 aromatic carbocycles. The van der Waals surface area contributed by atoms with Gasteiger partial charge in [-0.2, -0.15) is 0 Å². The van der Waals surface area contributed by atoms with Crippen LogP contribution in [0.15, 0.2) is 5.11 Å². The van der Waals surface area contributed by atoms with Gasteiger partial charge in [0, 0.05) is 12.8 Å². The molecule has 0 aromatic heterocycles. The smallest absolute Gasteiger partial charge is 0.0854 e. The minimum atomic E-state index is -0.358. The summed E-state index contributed by atoms with van der Waals surface area (Å²) in [5, 5.41) is 4.39. The van der Waals surface area contributed by atoms with Crippen LogP contribution in [0.25, 0.3) is 0 Å². The lowest BCUT2D eigenvalue weighted by atomic mass is 9.95. The van der Waals surface area contributed by atoms with Gasteiger partial charge in [0.05, 0.1) is 4.79 Å². The summed E-state index contributed by atoms with van der Waals surface area (Å²) in [6.45, 7) is 0. The topological polar surface area (TPSA) is 26.5 Å². The summed E-state index contributed by atoms with van der Waals surface area (Å²) in [7, 11) is 0. The van der Waals surface area contributed by atoms with E-state index in [1.165, 1.54) is 44.2 Å². The van der Waals surface area contributed by atoms with E-state index in [9.17, 15) is 0 Å². The average Bonchev–Trinajstić information content (AvgIpc) is 2.29. The third-order valence-corrected chi connectivity index (χ3v) is 3.87. The second kappa shape index (κ2) is 5.14. The van der Waals surface area contributed by atoms with Crippen molar-refractivity contribution in [3.8, 4) is 0 Å². The number of hydrogen-bond donors (Lipinski definition) is 0. The van der Waals surface area contributed by atoms with Gasteiger partial charge in [0.15, 0.2) is 0 Å². The zero-order valence-corrected chi connectivity index (χ0v) is 10.1. The molecule has 0 bridgehead atoms. The quantitative estimate of drug-likeness (QED) is 0.281. The van der Waals surface area contributed by atoms with Gasteiger partial charge in [-0.15, -0.1) is 0 Å². The molecule has 0 aliphatic heterocycles. The van der Waals surface area contributed by atoms with E-state index in [1.807, 2.05) is 0 Å². The van der Waals surface area contributed by atoms with Crippen molar-refractivity contribution in [3.05, 3.63) is 0 Å². The largest absolute Gasteiger partial charge is 0.318 e. The highest BCUT2D eigenvalue weighted by molar-refractivity contribution is 6.23. The van der Waals surface area contributed by atoms with E-state index in [1.54, 1.807) is 0 Å². The first-order chi connectivity index (χ1) is 7.29. The van der Waals surface area contributed by atoms with Crippen molar-refractivity contribution in [3.63, 3.8) is 0 Å². The Morgan fingerprint density at radius 1 is 0.933 bits per heavy atom. The summed E-state index contributed by atoms with van der Waals surface area (Å²) < 4.78 is 0. The Hall–Kier alpha value is -0.330. The van der Waals surface area contributed by atoms with Crippen LogP contribution < -0.4 is 0 Å². The molecule has 0 heterocycles. The van der Waals surface area contributed by atoms with Gasteiger partial charge in [0.2, 0.25) is 5.00 Å². The van der Waals surface area contributed by atoms with Gasteiger partial charge in [-0.05, 0) is 38.5 Å². The summed E-state index contributed by atoms with van der Waals surface area (Å²) >= 11 is 6.42. The van der Waals surface area contributed by atoms with Crippen molar-refractivity contribution in [1.82, 2.24) is 0 Å². The van der Waals surface area contributed by atoms with E-state index in [0.29, 0.717) is 0 Å². The van der Waals surface area contributed by atoms with Crippen molar-refractivity contribution in [2.75, 3.05) is 0 Å². The predicted octanol–water partition coefficient (Wildman–Crippen LogP) is 3.95. The highest BCUT2D eigenvalue weighted by atomic mass is 35.5. The molecule has 0 aromatic rings. The van der Waals surface area contributed by atoms with Crippen molar-refractivity contribution in [2.24, 2.45) is 5.11 Å². The lowest BCUT2D eigenvalue weighted by Gasteiger charge is -2.20. The molecule has 2 saturated carbocycles. The Kier molecular flexibility index (Phi) is 3.82. The highest BCUT2D eigenvalue weighted by Gasteiger charge is 2.34. The SMILES string of the molecule is ClC1(N=[N+]=C2CCCCC2)CCCCC1. The third kappa shape index (κ3) is 3.32. The van der Waals surface area contributed by atoms with Crippen LogP contribution in [0.3, 0.4) is 0 Å². The molecule has 2 aliphatic carbocycles. The van der Waals surface area contributed by atoms with E-state index < -0.39 is 0 Å². The monoisotopic (exact) mass is 227 g/mol. The zero-order chi connectivity index (χ0) is 10.6. The number of hydrogen-bond acceptors (Lipinski definition) is 1. The van der Waals surface area contributed by atoms with Gasteiger partial charge in [0.1, 0.15) is 5.11 Å². The van der Waals surface area contributed by atoms with E-state index in [2.05, 4.69) is 9.90 Å². The van der Waals surface area contributed by atoms with Gasteiger partial charge in [-0.3, -0.25) is 0 Å². The van der Waals surface area contributed by atoms with E-state index in [4.69, 9.17) is 11.6 Å². The Balaban J connectivity index is 2.01. The lowest BCUT2D eigenvalue weighted by molar-refractivity contribution is -0.114. The molecule has 2 aliphatic rings. The van der Waals surface area contributed by atoms with Crippen LogP contribution in [0.2, 0.25) is 0 Å². The first-order valence-electron chi connectivity index (χ1n) is 6.25. The molecule has 0 N–H and O–H groups in total. The van der Waals surface area contributed by atoms with Crippen molar-refractivity contribution in [2.45, 2.75) is 69.2 Å². The molecule has 3 heteroatoms. The van der Waals surface area contributed by atoms with E-state index >= 15 is 0 Å². The molecule has 0 atom stereocenters. The molecule has 15 heavy (non-hydrogen) atoms. The van der Waals surface area contributed by atoms with E-state index in [-0.39, 0.29) is 5.00 Å². The fourth-order valence-corrected chi connectivity index (χ4v) is 2.72. The third-order valence-electron chi connectivity index (χ3n) is 3.42. The van der Waals surface area contributed by atoms with Crippen molar-refractivity contribution >= 4 is 17.3 Å². The van der Waals surface area contributed by atoms with Gasteiger partial charge in [-0.1, -0.05) is 24.4 Å². The van der Waals surface area contributed by atoms with Crippen LogP contribution in [0.1, 0.15) is 64.2 Å². The van der Waals surface area contributed by atoms with Crippen LogP contribution in [0.5, 0.6) is 0 Å².